The van der Waals surface area contributed by atoms with Crippen molar-refractivity contribution in [2.24, 2.45) is 5.10 Å². The maximum atomic E-state index is 12.0. The normalized spacial score (nSPS) is 12.0. The zero-order chi connectivity index (χ0) is 17.6. The average molecular weight is 366 g/mol. The van der Waals surface area contributed by atoms with Crippen molar-refractivity contribution in [3.05, 3.63) is 65.2 Å². The van der Waals surface area contributed by atoms with Crippen LogP contribution in [0.25, 0.3) is 0 Å². The van der Waals surface area contributed by atoms with Crippen molar-refractivity contribution in [2.75, 3.05) is 6.54 Å². The van der Waals surface area contributed by atoms with Crippen LogP contribution in [0.1, 0.15) is 12.5 Å². The zero-order valence-corrected chi connectivity index (χ0v) is 14.4. The summed E-state index contributed by atoms with van der Waals surface area (Å²) < 4.78 is 26.2. The molecule has 0 saturated heterocycles. The minimum atomic E-state index is -3.73. The van der Waals surface area contributed by atoms with Crippen molar-refractivity contribution in [3.63, 3.8) is 0 Å². The number of benzene rings is 2. The van der Waals surface area contributed by atoms with Gasteiger partial charge in [-0.2, -0.15) is 5.10 Å². The Balaban J connectivity index is 1.93. The molecule has 2 aromatic carbocycles. The third kappa shape index (κ3) is 5.16. The van der Waals surface area contributed by atoms with Gasteiger partial charge in [0.25, 0.3) is 5.91 Å². The predicted octanol–water partition coefficient (Wildman–Crippen LogP) is 2.16. The van der Waals surface area contributed by atoms with Gasteiger partial charge >= 0.3 is 0 Å². The number of hydrogen-bond acceptors (Lipinski definition) is 4. The van der Waals surface area contributed by atoms with Crippen LogP contribution in [-0.4, -0.2) is 26.6 Å². The second-order valence-electron chi connectivity index (χ2n) is 4.88. The van der Waals surface area contributed by atoms with Crippen LogP contribution in [0.2, 0.25) is 5.02 Å². The Kier molecular flexibility index (Phi) is 6.08. The third-order valence-corrected chi connectivity index (χ3v) is 4.72. The average Bonchev–Trinajstić information content (AvgIpc) is 2.58. The molecule has 0 bridgehead atoms. The molecule has 0 aromatic heterocycles. The molecule has 0 unspecified atom stereocenters. The van der Waals surface area contributed by atoms with Gasteiger partial charge in [0.15, 0.2) is 0 Å². The van der Waals surface area contributed by atoms with Crippen LogP contribution in [0, 0.1) is 0 Å². The quantitative estimate of drug-likeness (QED) is 0.607. The number of halogens is 1. The van der Waals surface area contributed by atoms with Gasteiger partial charge < -0.3 is 0 Å². The van der Waals surface area contributed by atoms with Gasteiger partial charge in [-0.3, -0.25) is 4.79 Å². The lowest BCUT2D eigenvalue weighted by molar-refractivity contribution is -0.119. The van der Waals surface area contributed by atoms with E-state index < -0.39 is 22.5 Å². The molecule has 0 saturated carbocycles. The highest BCUT2D eigenvalue weighted by molar-refractivity contribution is 7.89. The maximum absolute atomic E-state index is 12.0. The number of nitrogens with one attached hydrogen (secondary N) is 2. The van der Waals surface area contributed by atoms with Crippen LogP contribution in [-0.2, 0) is 14.8 Å². The molecule has 0 aliphatic heterocycles. The summed E-state index contributed by atoms with van der Waals surface area (Å²) >= 11 is 5.89. The molecule has 0 fully saturated rings. The van der Waals surface area contributed by atoms with Gasteiger partial charge in [-0.1, -0.05) is 41.9 Å². The number of hydrazone groups is 1. The lowest BCUT2D eigenvalue weighted by atomic mass is 10.1. The van der Waals surface area contributed by atoms with Crippen LogP contribution in [0.4, 0.5) is 0 Å². The fourth-order valence-corrected chi connectivity index (χ4v) is 3.00. The first-order valence-electron chi connectivity index (χ1n) is 7.02. The lowest BCUT2D eigenvalue weighted by Gasteiger charge is -2.06. The Labute approximate surface area is 145 Å². The van der Waals surface area contributed by atoms with Crippen molar-refractivity contribution in [3.8, 4) is 0 Å². The smallest absolute Gasteiger partial charge is 0.255 e. The summed E-state index contributed by atoms with van der Waals surface area (Å²) in [5.41, 5.74) is 3.61. The SMILES string of the molecule is C/C(=N/NC(=O)CNS(=O)(=O)c1ccccc1)c1cccc(Cl)c1. The minimum Gasteiger partial charge on any atom is -0.272 e. The van der Waals surface area contributed by atoms with E-state index in [4.69, 9.17) is 11.6 Å². The standard InChI is InChI=1S/C16H16ClN3O3S/c1-12(13-6-5-7-14(17)10-13)19-20-16(21)11-18-24(22,23)15-8-3-2-4-9-15/h2-10,18H,11H2,1H3,(H,20,21)/b19-12-. The number of sulfonamides is 1. The molecule has 8 heteroatoms. The molecule has 0 atom stereocenters. The first-order valence-corrected chi connectivity index (χ1v) is 8.88. The van der Waals surface area contributed by atoms with E-state index in [0.29, 0.717) is 10.7 Å². The molecule has 0 heterocycles. The molecule has 2 aromatic rings. The second kappa shape index (κ2) is 8.05. The molecule has 24 heavy (non-hydrogen) atoms. The number of rotatable bonds is 6. The molecule has 6 nitrogen and oxygen atoms in total. The third-order valence-electron chi connectivity index (χ3n) is 3.07. The van der Waals surface area contributed by atoms with Gasteiger partial charge in [0.2, 0.25) is 10.0 Å². The summed E-state index contributed by atoms with van der Waals surface area (Å²) in [5, 5.41) is 4.49. The van der Waals surface area contributed by atoms with Gasteiger partial charge in [0.1, 0.15) is 0 Å². The summed E-state index contributed by atoms with van der Waals surface area (Å²) in [6, 6.07) is 14.8. The van der Waals surface area contributed by atoms with Crippen LogP contribution in [0.3, 0.4) is 0 Å². The summed E-state index contributed by atoms with van der Waals surface area (Å²) in [6.07, 6.45) is 0. The molecular formula is C16H16ClN3O3S. The Hall–Kier alpha value is -2.22. The van der Waals surface area contributed by atoms with Crippen LogP contribution < -0.4 is 10.1 Å². The first kappa shape index (κ1) is 18.1. The highest BCUT2D eigenvalue weighted by Gasteiger charge is 2.14. The highest BCUT2D eigenvalue weighted by Crippen LogP contribution is 2.11. The lowest BCUT2D eigenvalue weighted by Crippen LogP contribution is -2.35. The highest BCUT2D eigenvalue weighted by atomic mass is 35.5. The molecule has 0 aliphatic rings. The van der Waals surface area contributed by atoms with E-state index in [-0.39, 0.29) is 4.90 Å². The van der Waals surface area contributed by atoms with E-state index in [9.17, 15) is 13.2 Å². The Morgan fingerprint density at radius 1 is 1.12 bits per heavy atom. The van der Waals surface area contributed by atoms with Crippen LogP contribution in [0.15, 0.2) is 64.6 Å². The Morgan fingerprint density at radius 3 is 2.50 bits per heavy atom. The summed E-state index contributed by atoms with van der Waals surface area (Å²) in [5.74, 6) is -0.573. The summed E-state index contributed by atoms with van der Waals surface area (Å²) in [6.45, 7) is 1.30. The number of carbonyl (C=O) groups excluding carboxylic acids is 1. The predicted molar refractivity (Wildman–Crippen MR) is 93.4 cm³/mol. The van der Waals surface area contributed by atoms with E-state index in [1.165, 1.54) is 12.1 Å². The van der Waals surface area contributed by atoms with Crippen LogP contribution in [0.5, 0.6) is 0 Å². The minimum absolute atomic E-state index is 0.0939. The van der Waals surface area contributed by atoms with Gasteiger partial charge in [-0.25, -0.2) is 18.6 Å². The molecule has 0 aliphatic carbocycles. The zero-order valence-electron chi connectivity index (χ0n) is 12.9. The Morgan fingerprint density at radius 2 is 1.83 bits per heavy atom. The first-order chi connectivity index (χ1) is 11.4. The molecule has 2 rings (SSSR count). The van der Waals surface area contributed by atoms with E-state index in [2.05, 4.69) is 15.2 Å². The van der Waals surface area contributed by atoms with Gasteiger partial charge in [-0.05, 0) is 36.8 Å². The van der Waals surface area contributed by atoms with E-state index in [1.807, 2.05) is 0 Å². The maximum Gasteiger partial charge on any atom is 0.255 e. The van der Waals surface area contributed by atoms with Gasteiger partial charge in [0.05, 0.1) is 17.2 Å². The summed E-state index contributed by atoms with van der Waals surface area (Å²) in [4.78, 5) is 11.8. The number of nitrogens with zero attached hydrogens (tertiary/aromatic N) is 1. The largest absolute Gasteiger partial charge is 0.272 e. The molecular weight excluding hydrogens is 350 g/mol. The Bertz CT molecular complexity index is 852. The fraction of sp³-hybridized carbons (Fsp3) is 0.125. The molecule has 0 radical (unpaired) electrons. The van der Waals surface area contributed by atoms with E-state index >= 15 is 0 Å². The second-order valence-corrected chi connectivity index (χ2v) is 7.08. The van der Waals surface area contributed by atoms with Crippen molar-refractivity contribution < 1.29 is 13.2 Å². The topological polar surface area (TPSA) is 87.6 Å². The van der Waals surface area contributed by atoms with Gasteiger partial charge in [0, 0.05) is 5.02 Å². The molecule has 126 valence electrons. The monoisotopic (exact) mass is 365 g/mol. The molecule has 0 spiro atoms. The van der Waals surface area contributed by atoms with Crippen molar-refractivity contribution >= 4 is 33.2 Å². The van der Waals surface area contributed by atoms with Gasteiger partial charge in [-0.15, -0.1) is 0 Å². The fourth-order valence-electron chi connectivity index (χ4n) is 1.81. The molecule has 1 amide bonds. The van der Waals surface area contributed by atoms with Crippen molar-refractivity contribution in [1.82, 2.24) is 10.1 Å². The van der Waals surface area contributed by atoms with Crippen molar-refractivity contribution in [1.29, 1.82) is 0 Å². The number of carbonyl (C=O) groups is 1. The van der Waals surface area contributed by atoms with E-state index in [1.54, 1.807) is 49.4 Å². The number of amides is 1. The van der Waals surface area contributed by atoms with Crippen LogP contribution >= 0.6 is 11.6 Å². The summed E-state index contributed by atoms with van der Waals surface area (Å²) in [7, 11) is -3.73. The molecule has 2 N–H and O–H groups in total. The number of hydrogen-bond donors (Lipinski definition) is 2. The van der Waals surface area contributed by atoms with Crippen molar-refractivity contribution in [2.45, 2.75) is 11.8 Å². The van der Waals surface area contributed by atoms with E-state index in [0.717, 1.165) is 5.56 Å².